The van der Waals surface area contributed by atoms with Crippen molar-refractivity contribution >= 4 is 11.5 Å². The van der Waals surface area contributed by atoms with Crippen LogP contribution in [0.5, 0.6) is 0 Å². The molecule has 2 nitrogen and oxygen atoms in total. The van der Waals surface area contributed by atoms with Crippen molar-refractivity contribution in [3.8, 4) is 0 Å². The smallest absolute Gasteiger partial charge is 0.139 e. The number of hydrogen-bond acceptors (Lipinski definition) is 2. The quantitative estimate of drug-likeness (QED) is 0.666. The van der Waals surface area contributed by atoms with Crippen LogP contribution in [0, 0.1) is 13.8 Å². The standard InChI is InChI=1S/C25H25NO/c1-17-11-22-15-23(27)16-25(26-24(22)12-18(17)2)21-10-6-9-20(14-21)13-19-7-4-3-5-8-19/h3-12,14,25-26H,13,15-16H2,1-2H3. The van der Waals surface area contributed by atoms with E-state index in [0.717, 1.165) is 17.7 Å². The topological polar surface area (TPSA) is 29.1 Å². The summed E-state index contributed by atoms with van der Waals surface area (Å²) in [7, 11) is 0. The Labute approximate surface area is 161 Å². The second-order valence-electron chi connectivity index (χ2n) is 7.62. The minimum atomic E-state index is 0.0246. The Morgan fingerprint density at radius 2 is 1.63 bits per heavy atom. The normalized spacial score (nSPS) is 16.4. The molecule has 0 saturated heterocycles. The largest absolute Gasteiger partial charge is 0.378 e. The molecule has 1 N–H and O–H groups in total. The number of hydrogen-bond donors (Lipinski definition) is 1. The van der Waals surface area contributed by atoms with Gasteiger partial charge in [0.05, 0.1) is 6.04 Å². The summed E-state index contributed by atoms with van der Waals surface area (Å²) in [4.78, 5) is 12.6. The lowest BCUT2D eigenvalue weighted by atomic mass is 9.96. The van der Waals surface area contributed by atoms with Gasteiger partial charge in [-0.15, -0.1) is 0 Å². The molecule has 1 atom stereocenters. The second-order valence-corrected chi connectivity index (χ2v) is 7.62. The van der Waals surface area contributed by atoms with Gasteiger partial charge in [0.1, 0.15) is 5.78 Å². The number of ketones is 1. The molecule has 136 valence electrons. The van der Waals surface area contributed by atoms with Crippen LogP contribution in [0.2, 0.25) is 0 Å². The number of nitrogens with one attached hydrogen (secondary N) is 1. The van der Waals surface area contributed by atoms with Crippen LogP contribution in [-0.2, 0) is 17.6 Å². The van der Waals surface area contributed by atoms with Gasteiger partial charge < -0.3 is 5.32 Å². The SMILES string of the molecule is Cc1cc2c(cc1C)NC(c1cccc(Cc3ccccc3)c1)CC(=O)C2. The Bertz CT molecular complexity index is 975. The Kier molecular flexibility index (Phi) is 4.81. The lowest BCUT2D eigenvalue weighted by molar-refractivity contribution is -0.118. The van der Waals surface area contributed by atoms with E-state index in [9.17, 15) is 4.79 Å². The maximum absolute atomic E-state index is 12.6. The molecule has 0 fully saturated rings. The molecule has 4 rings (SSSR count). The number of aryl methyl sites for hydroxylation is 2. The van der Waals surface area contributed by atoms with Gasteiger partial charge in [-0.25, -0.2) is 0 Å². The lowest BCUT2D eigenvalue weighted by Crippen LogP contribution is -2.13. The maximum atomic E-state index is 12.6. The highest BCUT2D eigenvalue weighted by atomic mass is 16.1. The van der Waals surface area contributed by atoms with E-state index in [4.69, 9.17) is 0 Å². The van der Waals surface area contributed by atoms with Crippen LogP contribution in [0.15, 0.2) is 66.7 Å². The van der Waals surface area contributed by atoms with E-state index >= 15 is 0 Å². The van der Waals surface area contributed by atoms with E-state index < -0.39 is 0 Å². The molecule has 0 amide bonds. The zero-order valence-corrected chi connectivity index (χ0v) is 16.0. The van der Waals surface area contributed by atoms with Crippen molar-refractivity contribution in [1.29, 1.82) is 0 Å². The molecule has 3 aromatic carbocycles. The molecular formula is C25H25NO. The Morgan fingerprint density at radius 3 is 2.44 bits per heavy atom. The average Bonchev–Trinajstić information content (AvgIpc) is 2.81. The number of benzene rings is 3. The summed E-state index contributed by atoms with van der Waals surface area (Å²) < 4.78 is 0. The van der Waals surface area contributed by atoms with Crippen molar-refractivity contribution in [2.24, 2.45) is 0 Å². The highest BCUT2D eigenvalue weighted by Gasteiger charge is 2.23. The van der Waals surface area contributed by atoms with Gasteiger partial charge in [-0.1, -0.05) is 60.7 Å². The molecule has 3 aromatic rings. The summed E-state index contributed by atoms with van der Waals surface area (Å²) in [5.74, 6) is 0.294. The third-order valence-corrected chi connectivity index (χ3v) is 5.47. The molecule has 0 aromatic heterocycles. The third-order valence-electron chi connectivity index (χ3n) is 5.47. The molecule has 0 saturated carbocycles. The monoisotopic (exact) mass is 355 g/mol. The van der Waals surface area contributed by atoms with Crippen LogP contribution in [-0.4, -0.2) is 5.78 Å². The number of rotatable bonds is 3. The summed E-state index contributed by atoms with van der Waals surface area (Å²) in [6.07, 6.45) is 1.95. The summed E-state index contributed by atoms with van der Waals surface area (Å²) >= 11 is 0. The first kappa shape index (κ1) is 17.5. The minimum Gasteiger partial charge on any atom is -0.378 e. The molecule has 1 aliphatic heterocycles. The second kappa shape index (κ2) is 7.40. The highest BCUT2D eigenvalue weighted by molar-refractivity contribution is 5.85. The zero-order valence-electron chi connectivity index (χ0n) is 16.0. The molecule has 1 unspecified atom stereocenters. The predicted molar refractivity (Wildman–Crippen MR) is 111 cm³/mol. The average molecular weight is 355 g/mol. The maximum Gasteiger partial charge on any atom is 0.139 e. The molecule has 0 aliphatic carbocycles. The van der Waals surface area contributed by atoms with Crippen molar-refractivity contribution in [2.75, 3.05) is 5.32 Å². The summed E-state index contributed by atoms with van der Waals surface area (Å²) in [6, 6.07) is 23.5. The van der Waals surface area contributed by atoms with E-state index in [2.05, 4.69) is 79.8 Å². The van der Waals surface area contributed by atoms with Gasteiger partial charge in [0.25, 0.3) is 0 Å². The van der Waals surface area contributed by atoms with Crippen molar-refractivity contribution < 1.29 is 4.79 Å². The van der Waals surface area contributed by atoms with Crippen LogP contribution >= 0.6 is 0 Å². The first-order valence-corrected chi connectivity index (χ1v) is 9.59. The number of carbonyl (C=O) groups excluding carboxylic acids is 1. The zero-order chi connectivity index (χ0) is 18.8. The fourth-order valence-electron chi connectivity index (χ4n) is 3.86. The molecule has 0 spiro atoms. The fraction of sp³-hybridized carbons (Fsp3) is 0.240. The van der Waals surface area contributed by atoms with Gasteiger partial charge in [0, 0.05) is 18.5 Å². The summed E-state index contributed by atoms with van der Waals surface area (Å²) in [5.41, 5.74) is 8.48. The van der Waals surface area contributed by atoms with Gasteiger partial charge in [0.2, 0.25) is 0 Å². The predicted octanol–water partition coefficient (Wildman–Crippen LogP) is 5.56. The molecule has 0 bridgehead atoms. The van der Waals surface area contributed by atoms with Crippen molar-refractivity contribution in [3.05, 3.63) is 100 Å². The van der Waals surface area contributed by atoms with Gasteiger partial charge in [0.15, 0.2) is 0 Å². The van der Waals surface area contributed by atoms with Crippen LogP contribution < -0.4 is 5.32 Å². The van der Waals surface area contributed by atoms with Gasteiger partial charge in [-0.2, -0.15) is 0 Å². The van der Waals surface area contributed by atoms with Crippen molar-refractivity contribution in [2.45, 2.75) is 39.2 Å². The number of carbonyl (C=O) groups is 1. The number of fused-ring (bicyclic) bond motifs is 1. The van der Waals surface area contributed by atoms with E-state index in [-0.39, 0.29) is 6.04 Å². The van der Waals surface area contributed by atoms with Crippen molar-refractivity contribution in [1.82, 2.24) is 0 Å². The molecular weight excluding hydrogens is 330 g/mol. The van der Waals surface area contributed by atoms with Crippen molar-refractivity contribution in [3.63, 3.8) is 0 Å². The lowest BCUT2D eigenvalue weighted by Gasteiger charge is -2.20. The molecule has 0 radical (unpaired) electrons. The first-order chi connectivity index (χ1) is 13.1. The molecule has 1 heterocycles. The molecule has 2 heteroatoms. The van der Waals surface area contributed by atoms with E-state index in [1.807, 2.05) is 6.07 Å². The minimum absolute atomic E-state index is 0.0246. The highest BCUT2D eigenvalue weighted by Crippen LogP contribution is 2.32. The Hall–Kier alpha value is -2.87. The Balaban J connectivity index is 1.63. The Morgan fingerprint density at radius 1 is 0.889 bits per heavy atom. The van der Waals surface area contributed by atoms with E-state index in [1.165, 1.54) is 27.8 Å². The molecule has 27 heavy (non-hydrogen) atoms. The molecule has 1 aliphatic rings. The van der Waals surface area contributed by atoms with E-state index in [0.29, 0.717) is 18.6 Å². The van der Waals surface area contributed by atoms with Gasteiger partial charge in [-0.05, 0) is 59.7 Å². The first-order valence-electron chi connectivity index (χ1n) is 9.59. The van der Waals surface area contributed by atoms with Gasteiger partial charge in [-0.3, -0.25) is 4.79 Å². The number of anilines is 1. The van der Waals surface area contributed by atoms with Crippen LogP contribution in [0.3, 0.4) is 0 Å². The number of Topliss-reactive ketones (excluding diaryl/α,β-unsaturated/α-hetero) is 1. The van der Waals surface area contributed by atoms with Crippen LogP contribution in [0.1, 0.15) is 45.8 Å². The fourth-order valence-corrected chi connectivity index (χ4v) is 3.86. The van der Waals surface area contributed by atoms with Crippen LogP contribution in [0.4, 0.5) is 5.69 Å². The van der Waals surface area contributed by atoms with E-state index in [1.54, 1.807) is 0 Å². The van der Waals surface area contributed by atoms with Gasteiger partial charge >= 0.3 is 0 Å². The third kappa shape index (κ3) is 3.95. The van der Waals surface area contributed by atoms with Crippen LogP contribution in [0.25, 0.3) is 0 Å². The summed E-state index contributed by atoms with van der Waals surface area (Å²) in [6.45, 7) is 4.23. The summed E-state index contributed by atoms with van der Waals surface area (Å²) in [5, 5.41) is 3.64.